The second-order valence-electron chi connectivity index (χ2n) is 8.71. The quantitative estimate of drug-likeness (QED) is 0.281. The van der Waals surface area contributed by atoms with Gasteiger partial charge in [0.1, 0.15) is 6.10 Å². The molecule has 0 saturated heterocycles. The van der Waals surface area contributed by atoms with Gasteiger partial charge in [0.05, 0.1) is 11.7 Å². The van der Waals surface area contributed by atoms with Crippen molar-refractivity contribution in [2.75, 3.05) is 0 Å². The number of unbranched alkanes of at least 4 members (excludes halogenated alkanes) is 1. The number of carboxylic acids is 1. The second kappa shape index (κ2) is 9.74. The lowest BCUT2D eigenvalue weighted by Gasteiger charge is -2.40. The second-order valence-corrected chi connectivity index (χ2v) is 8.71. The van der Waals surface area contributed by atoms with Crippen molar-refractivity contribution in [3.8, 4) is 0 Å². The predicted molar refractivity (Wildman–Crippen MR) is 113 cm³/mol. The number of aliphatic hydroxyl groups excluding tert-OH is 2. The maximum atomic E-state index is 10.6. The van der Waals surface area contributed by atoms with Gasteiger partial charge in [-0.1, -0.05) is 36.4 Å². The van der Waals surface area contributed by atoms with Gasteiger partial charge in [-0.2, -0.15) is 0 Å². The van der Waals surface area contributed by atoms with Crippen LogP contribution in [0.15, 0.2) is 36.4 Å². The van der Waals surface area contributed by atoms with Crippen LogP contribution in [0.3, 0.4) is 0 Å². The summed E-state index contributed by atoms with van der Waals surface area (Å²) in [5.41, 5.74) is 0.580. The number of hydrogen-bond donors (Lipinski definition) is 4. The van der Waals surface area contributed by atoms with Crippen molar-refractivity contribution in [3.63, 3.8) is 0 Å². The fourth-order valence-electron chi connectivity index (χ4n) is 4.78. The van der Waals surface area contributed by atoms with Crippen molar-refractivity contribution in [2.45, 2.75) is 81.1 Å². The summed E-state index contributed by atoms with van der Waals surface area (Å²) in [5.74, 6) is -0.973. The first-order valence-corrected chi connectivity index (χ1v) is 10.8. The van der Waals surface area contributed by atoms with Gasteiger partial charge in [0.2, 0.25) is 6.04 Å². The molecular weight excluding hydrogens is 382 g/mol. The summed E-state index contributed by atoms with van der Waals surface area (Å²) in [5, 5.41) is 40.2. The molecule has 5 atom stereocenters. The highest BCUT2D eigenvalue weighted by Crippen LogP contribution is 2.45. The predicted octanol–water partition coefficient (Wildman–Crippen LogP) is 3.59. The summed E-state index contributed by atoms with van der Waals surface area (Å²) in [6.07, 6.45) is 7.10. The van der Waals surface area contributed by atoms with E-state index in [2.05, 4.69) is 4.85 Å². The minimum atomic E-state index is -1.03. The van der Waals surface area contributed by atoms with Crippen LogP contribution in [0.2, 0.25) is 0 Å². The molecule has 4 N–H and O–H groups in total. The minimum absolute atomic E-state index is 0.0141. The van der Waals surface area contributed by atoms with Gasteiger partial charge >= 0.3 is 5.97 Å². The molecule has 1 aromatic rings. The highest BCUT2D eigenvalue weighted by molar-refractivity contribution is 5.66. The average Bonchev–Trinajstić information content (AvgIpc) is 3.03. The molecule has 162 valence electrons. The Morgan fingerprint density at radius 2 is 1.97 bits per heavy atom. The van der Waals surface area contributed by atoms with Crippen molar-refractivity contribution in [2.24, 2.45) is 5.92 Å². The number of benzene rings is 1. The van der Waals surface area contributed by atoms with Gasteiger partial charge in [-0.25, -0.2) is 6.57 Å². The Bertz CT molecular complexity index is 793. The van der Waals surface area contributed by atoms with E-state index in [-0.39, 0.29) is 24.3 Å². The van der Waals surface area contributed by atoms with Crippen LogP contribution in [0, 0.1) is 12.5 Å². The average molecular weight is 414 g/mol. The molecule has 2 fully saturated rings. The van der Waals surface area contributed by atoms with Crippen LogP contribution in [-0.2, 0) is 4.79 Å². The number of allylic oxidation sites excluding steroid dienone is 2. The van der Waals surface area contributed by atoms with Crippen LogP contribution in [0.1, 0.15) is 74.5 Å². The third kappa shape index (κ3) is 4.92. The maximum Gasteiger partial charge on any atom is 0.303 e. The maximum absolute atomic E-state index is 10.6. The third-order valence-electron chi connectivity index (χ3n) is 6.72. The van der Waals surface area contributed by atoms with Crippen molar-refractivity contribution in [1.82, 2.24) is 0 Å². The van der Waals surface area contributed by atoms with Crippen LogP contribution >= 0.6 is 0 Å². The van der Waals surface area contributed by atoms with Crippen LogP contribution in [0.4, 0.5) is 0 Å². The molecule has 2 aliphatic carbocycles. The highest BCUT2D eigenvalue weighted by atomic mass is 16.4. The molecule has 1 aromatic carbocycles. The Hall–Kier alpha value is -2.20. The number of aliphatic hydroxyl groups is 3. The molecule has 0 heterocycles. The molecule has 0 aromatic heterocycles. The molecule has 3 unspecified atom stereocenters. The van der Waals surface area contributed by atoms with Gasteiger partial charge in [0.15, 0.2) is 0 Å². The largest absolute Gasteiger partial charge is 0.481 e. The topological polar surface area (TPSA) is 102 Å². The highest BCUT2D eigenvalue weighted by Gasteiger charge is 2.47. The van der Waals surface area contributed by atoms with E-state index in [9.17, 15) is 20.1 Å². The lowest BCUT2D eigenvalue weighted by Crippen LogP contribution is -2.43. The van der Waals surface area contributed by atoms with Crippen molar-refractivity contribution >= 4 is 5.97 Å². The number of carboxylic acid groups (broad SMARTS) is 1. The Labute approximate surface area is 177 Å². The van der Waals surface area contributed by atoms with E-state index in [4.69, 9.17) is 11.7 Å². The summed E-state index contributed by atoms with van der Waals surface area (Å²) in [4.78, 5) is 14.3. The monoisotopic (exact) mass is 413 g/mol. The van der Waals surface area contributed by atoms with E-state index in [1.54, 1.807) is 0 Å². The summed E-state index contributed by atoms with van der Waals surface area (Å²) >= 11 is 0. The van der Waals surface area contributed by atoms with Gasteiger partial charge in [-0.15, -0.1) is 0 Å². The van der Waals surface area contributed by atoms with Gasteiger partial charge in [0, 0.05) is 24.7 Å². The van der Waals surface area contributed by atoms with Crippen molar-refractivity contribution < 1.29 is 25.2 Å². The Morgan fingerprint density at radius 3 is 2.53 bits per heavy atom. The Kier molecular flexibility index (Phi) is 7.30. The summed E-state index contributed by atoms with van der Waals surface area (Å²) in [6, 6.07) is 7.16. The molecule has 0 amide bonds. The number of nitrogens with zero attached hydrogens (tertiary/aromatic N) is 1. The molecule has 0 aliphatic heterocycles. The smallest absolute Gasteiger partial charge is 0.303 e. The van der Waals surface area contributed by atoms with Crippen LogP contribution in [0.25, 0.3) is 4.85 Å². The molecule has 0 radical (unpaired) electrons. The SMILES string of the molecule is [C-]#[N+][C@@H]1C[C@@H](O)C(c2ccc(C(O)C3(O)CCC3)cc2)C1CC=CCCCC(=O)O. The van der Waals surface area contributed by atoms with E-state index in [1.165, 1.54) is 0 Å². The van der Waals surface area contributed by atoms with Gasteiger partial charge in [-0.05, 0) is 49.7 Å². The summed E-state index contributed by atoms with van der Waals surface area (Å²) in [7, 11) is 0. The molecular formula is C24H31NO5. The zero-order chi connectivity index (χ0) is 21.7. The molecule has 3 rings (SSSR count). The van der Waals surface area contributed by atoms with Crippen LogP contribution < -0.4 is 0 Å². The molecule has 2 aliphatic rings. The van der Waals surface area contributed by atoms with E-state index in [0.717, 1.165) is 12.0 Å². The summed E-state index contributed by atoms with van der Waals surface area (Å²) < 4.78 is 0. The first-order chi connectivity index (χ1) is 14.4. The third-order valence-corrected chi connectivity index (χ3v) is 6.72. The lowest BCUT2D eigenvalue weighted by molar-refractivity contribution is -0.137. The standard InChI is InChI=1S/C24H31NO5/c1-25-19-15-20(26)22(18(19)7-4-2-3-5-8-21(27)28)16-9-11-17(12-10-16)23(29)24(30)13-6-14-24/h2,4,9-12,18-20,22-23,26,29-30H,3,5-8,13-15H2,(H,27,28)/t18?,19-,20-,22?,23?/m1/s1. The zero-order valence-electron chi connectivity index (χ0n) is 17.2. The zero-order valence-corrected chi connectivity index (χ0v) is 17.2. The number of carbonyl (C=O) groups is 1. The van der Waals surface area contributed by atoms with Crippen LogP contribution in [0.5, 0.6) is 0 Å². The fourth-order valence-corrected chi connectivity index (χ4v) is 4.78. The van der Waals surface area contributed by atoms with Gasteiger partial charge in [-0.3, -0.25) is 4.79 Å². The van der Waals surface area contributed by atoms with Gasteiger partial charge in [0.25, 0.3) is 0 Å². The summed E-state index contributed by atoms with van der Waals surface area (Å²) in [6.45, 7) is 7.52. The fraction of sp³-hybridized carbons (Fsp3) is 0.583. The van der Waals surface area contributed by atoms with Gasteiger partial charge < -0.3 is 25.3 Å². The van der Waals surface area contributed by atoms with Crippen molar-refractivity contribution in [3.05, 3.63) is 59.0 Å². The molecule has 2 saturated carbocycles. The molecule has 30 heavy (non-hydrogen) atoms. The first kappa shape index (κ1) is 22.5. The molecule has 0 bridgehead atoms. The first-order valence-electron chi connectivity index (χ1n) is 10.8. The normalized spacial score (nSPS) is 28.7. The minimum Gasteiger partial charge on any atom is -0.481 e. The van der Waals surface area contributed by atoms with E-state index < -0.39 is 23.8 Å². The molecule has 6 nitrogen and oxygen atoms in total. The van der Waals surface area contributed by atoms with E-state index in [0.29, 0.717) is 44.1 Å². The van der Waals surface area contributed by atoms with Crippen molar-refractivity contribution in [1.29, 1.82) is 0 Å². The number of hydrogen-bond acceptors (Lipinski definition) is 4. The molecule has 6 heteroatoms. The number of aliphatic carboxylic acids is 1. The Balaban J connectivity index is 1.68. The number of rotatable bonds is 9. The van der Waals surface area contributed by atoms with Crippen LogP contribution in [-0.4, -0.2) is 44.1 Å². The van der Waals surface area contributed by atoms with E-state index in [1.807, 2.05) is 36.4 Å². The Morgan fingerprint density at radius 1 is 1.27 bits per heavy atom. The lowest BCUT2D eigenvalue weighted by atomic mass is 9.74. The van der Waals surface area contributed by atoms with E-state index >= 15 is 0 Å². The molecule has 0 spiro atoms.